The molecule has 0 heterocycles. The van der Waals surface area contributed by atoms with Crippen LogP contribution in [0.15, 0.2) is 28.7 Å². The van der Waals surface area contributed by atoms with Crippen molar-refractivity contribution in [3.63, 3.8) is 0 Å². The highest BCUT2D eigenvalue weighted by Crippen LogP contribution is 2.14. The normalized spacial score (nSPS) is 12.9. The first kappa shape index (κ1) is 9.67. The van der Waals surface area contributed by atoms with Gasteiger partial charge in [0, 0.05) is 4.47 Å². The molecule has 3 nitrogen and oxygen atoms in total. The molecule has 4 heteroatoms. The molecule has 0 fully saturated rings. The number of hydroxylamine groups is 1. The topological polar surface area (TPSA) is 44.3 Å². The third kappa shape index (κ3) is 2.28. The molecule has 0 amide bonds. The minimum Gasteiger partial charge on any atom is -0.315 e. The Morgan fingerprint density at radius 2 is 1.92 bits per heavy atom. The van der Waals surface area contributed by atoms with E-state index in [0.717, 1.165) is 10.0 Å². The molecule has 12 heavy (non-hydrogen) atoms. The molecule has 1 rings (SSSR count). The van der Waals surface area contributed by atoms with Crippen LogP contribution in [0, 0.1) is 0 Å². The second-order valence-electron chi connectivity index (χ2n) is 2.40. The average Bonchev–Trinajstić information content (AvgIpc) is 2.10. The van der Waals surface area contributed by atoms with Gasteiger partial charge >= 0.3 is 0 Å². The predicted molar refractivity (Wildman–Crippen MR) is 50.9 cm³/mol. The summed E-state index contributed by atoms with van der Waals surface area (Å²) < 4.78 is 1.03. The zero-order valence-electron chi connectivity index (χ0n) is 6.71. The SMILES string of the molecule is CNC(NO)c1ccc(Br)cc1. The number of benzene rings is 1. The van der Waals surface area contributed by atoms with E-state index in [0.29, 0.717) is 0 Å². The molecule has 66 valence electrons. The van der Waals surface area contributed by atoms with E-state index in [1.54, 1.807) is 7.05 Å². The Hall–Kier alpha value is -0.420. The average molecular weight is 231 g/mol. The number of hydrogen-bond donors (Lipinski definition) is 3. The fraction of sp³-hybridized carbons (Fsp3) is 0.250. The van der Waals surface area contributed by atoms with Gasteiger partial charge in [-0.3, -0.25) is 5.32 Å². The van der Waals surface area contributed by atoms with Crippen molar-refractivity contribution >= 4 is 15.9 Å². The third-order valence-electron chi connectivity index (χ3n) is 1.62. The van der Waals surface area contributed by atoms with Gasteiger partial charge in [-0.05, 0) is 24.7 Å². The van der Waals surface area contributed by atoms with Crippen LogP contribution < -0.4 is 10.8 Å². The van der Waals surface area contributed by atoms with Gasteiger partial charge in [0.1, 0.15) is 6.17 Å². The Labute approximate surface area is 79.9 Å². The van der Waals surface area contributed by atoms with E-state index in [4.69, 9.17) is 5.21 Å². The molecule has 0 aliphatic carbocycles. The van der Waals surface area contributed by atoms with E-state index in [2.05, 4.69) is 26.7 Å². The lowest BCUT2D eigenvalue weighted by molar-refractivity contribution is 0.114. The van der Waals surface area contributed by atoms with Gasteiger partial charge in [-0.1, -0.05) is 28.1 Å². The summed E-state index contributed by atoms with van der Waals surface area (Å²) in [4.78, 5) is 0. The van der Waals surface area contributed by atoms with Crippen LogP contribution in [0.2, 0.25) is 0 Å². The minimum atomic E-state index is -0.210. The van der Waals surface area contributed by atoms with Crippen LogP contribution in [-0.2, 0) is 0 Å². The largest absolute Gasteiger partial charge is 0.315 e. The maximum atomic E-state index is 8.72. The van der Waals surface area contributed by atoms with Gasteiger partial charge in [0.2, 0.25) is 0 Å². The molecule has 0 aliphatic rings. The lowest BCUT2D eigenvalue weighted by Gasteiger charge is -2.13. The summed E-state index contributed by atoms with van der Waals surface area (Å²) in [6.07, 6.45) is -0.210. The van der Waals surface area contributed by atoms with Crippen LogP contribution in [0.4, 0.5) is 0 Å². The zero-order chi connectivity index (χ0) is 8.97. The van der Waals surface area contributed by atoms with Crippen LogP contribution >= 0.6 is 15.9 Å². The molecule has 3 N–H and O–H groups in total. The van der Waals surface area contributed by atoms with E-state index in [1.165, 1.54) is 0 Å². The number of nitrogens with one attached hydrogen (secondary N) is 2. The molecule has 0 bridgehead atoms. The van der Waals surface area contributed by atoms with Crippen LogP contribution in [0.5, 0.6) is 0 Å². The third-order valence-corrected chi connectivity index (χ3v) is 2.15. The van der Waals surface area contributed by atoms with E-state index < -0.39 is 0 Å². The van der Waals surface area contributed by atoms with Crippen LogP contribution in [0.1, 0.15) is 11.7 Å². The van der Waals surface area contributed by atoms with Crippen molar-refractivity contribution in [2.45, 2.75) is 6.17 Å². The van der Waals surface area contributed by atoms with Crippen LogP contribution in [0.3, 0.4) is 0 Å². The molecule has 0 saturated carbocycles. The first-order valence-electron chi connectivity index (χ1n) is 3.60. The summed E-state index contributed by atoms with van der Waals surface area (Å²) in [6, 6.07) is 7.71. The summed E-state index contributed by atoms with van der Waals surface area (Å²) >= 11 is 3.34. The minimum absolute atomic E-state index is 0.210. The highest BCUT2D eigenvalue weighted by molar-refractivity contribution is 9.10. The van der Waals surface area contributed by atoms with Crippen molar-refractivity contribution in [2.24, 2.45) is 0 Å². The van der Waals surface area contributed by atoms with Crippen molar-refractivity contribution in [3.8, 4) is 0 Å². The molecule has 0 aromatic heterocycles. The molecule has 0 saturated heterocycles. The summed E-state index contributed by atoms with van der Waals surface area (Å²) in [7, 11) is 1.77. The van der Waals surface area contributed by atoms with Gasteiger partial charge in [-0.15, -0.1) is 0 Å². The second-order valence-corrected chi connectivity index (χ2v) is 3.32. The molecule has 0 aliphatic heterocycles. The van der Waals surface area contributed by atoms with Crippen molar-refractivity contribution < 1.29 is 5.21 Å². The Kier molecular flexibility index (Phi) is 3.68. The smallest absolute Gasteiger partial charge is 0.106 e. The van der Waals surface area contributed by atoms with Gasteiger partial charge in [0.25, 0.3) is 0 Å². The van der Waals surface area contributed by atoms with E-state index >= 15 is 0 Å². The molecule has 1 unspecified atom stereocenters. The lowest BCUT2D eigenvalue weighted by Crippen LogP contribution is -2.28. The number of rotatable bonds is 3. The van der Waals surface area contributed by atoms with Crippen molar-refractivity contribution in [2.75, 3.05) is 7.05 Å². The molecular weight excluding hydrogens is 220 g/mol. The van der Waals surface area contributed by atoms with Gasteiger partial charge in [-0.2, -0.15) is 5.48 Å². The van der Waals surface area contributed by atoms with Gasteiger partial charge in [-0.25, -0.2) is 0 Å². The first-order chi connectivity index (χ1) is 5.77. The molecule has 0 radical (unpaired) electrons. The van der Waals surface area contributed by atoms with E-state index in [-0.39, 0.29) is 6.17 Å². The monoisotopic (exact) mass is 230 g/mol. The quantitative estimate of drug-likeness (QED) is 0.547. The molecule has 1 atom stereocenters. The molecular formula is C8H11BrN2O. The zero-order valence-corrected chi connectivity index (χ0v) is 8.30. The van der Waals surface area contributed by atoms with Gasteiger partial charge in [0.15, 0.2) is 0 Å². The maximum Gasteiger partial charge on any atom is 0.106 e. The maximum absolute atomic E-state index is 8.72. The van der Waals surface area contributed by atoms with E-state index in [1.807, 2.05) is 24.3 Å². The Balaban J connectivity index is 2.80. The van der Waals surface area contributed by atoms with E-state index in [9.17, 15) is 0 Å². The Morgan fingerprint density at radius 1 is 1.33 bits per heavy atom. The highest BCUT2D eigenvalue weighted by atomic mass is 79.9. The summed E-state index contributed by atoms with van der Waals surface area (Å²) in [6.45, 7) is 0. The van der Waals surface area contributed by atoms with Crippen LogP contribution in [0.25, 0.3) is 0 Å². The molecule has 1 aromatic rings. The van der Waals surface area contributed by atoms with Gasteiger partial charge < -0.3 is 5.21 Å². The van der Waals surface area contributed by atoms with Crippen LogP contribution in [-0.4, -0.2) is 12.3 Å². The fourth-order valence-corrected chi connectivity index (χ4v) is 1.23. The fourth-order valence-electron chi connectivity index (χ4n) is 0.961. The Morgan fingerprint density at radius 3 is 2.33 bits per heavy atom. The lowest BCUT2D eigenvalue weighted by atomic mass is 10.2. The second kappa shape index (κ2) is 4.57. The van der Waals surface area contributed by atoms with Crippen molar-refractivity contribution in [1.82, 2.24) is 10.8 Å². The molecule has 1 aromatic carbocycles. The number of hydrogen-bond acceptors (Lipinski definition) is 3. The summed E-state index contributed by atoms with van der Waals surface area (Å²) in [5.74, 6) is 0. The van der Waals surface area contributed by atoms with Gasteiger partial charge in [0.05, 0.1) is 0 Å². The van der Waals surface area contributed by atoms with Crippen molar-refractivity contribution in [3.05, 3.63) is 34.3 Å². The highest BCUT2D eigenvalue weighted by Gasteiger charge is 2.05. The van der Waals surface area contributed by atoms with Crippen molar-refractivity contribution in [1.29, 1.82) is 0 Å². The predicted octanol–water partition coefficient (Wildman–Crippen LogP) is 1.65. The summed E-state index contributed by atoms with van der Waals surface area (Å²) in [5.41, 5.74) is 3.15. The summed E-state index contributed by atoms with van der Waals surface area (Å²) in [5, 5.41) is 11.6. The first-order valence-corrected chi connectivity index (χ1v) is 4.39. The Bertz CT molecular complexity index is 233. The number of halogens is 1. The standard InChI is InChI=1S/C8H11BrN2O/c1-10-8(11-12)6-2-4-7(9)5-3-6/h2-5,8,10-12H,1H3. The molecule has 0 spiro atoms.